The van der Waals surface area contributed by atoms with Gasteiger partial charge in [-0.05, 0) is 5.56 Å². The molecule has 0 aliphatic carbocycles. The number of ether oxygens (including phenoxy) is 1. The molecule has 0 bridgehead atoms. The molecule has 0 spiro atoms. The Bertz CT molecular complexity index is 321. The second-order valence-electron chi connectivity index (χ2n) is 3.39. The van der Waals surface area contributed by atoms with Gasteiger partial charge < -0.3 is 9.94 Å². The molecule has 1 aromatic carbocycles. The summed E-state index contributed by atoms with van der Waals surface area (Å²) in [4.78, 5) is 0. The first-order valence-corrected chi connectivity index (χ1v) is 4.76. The molecule has 0 aromatic heterocycles. The fraction of sp³-hybridized carbons (Fsp3) is 0.364. The van der Waals surface area contributed by atoms with Crippen molar-refractivity contribution < 1.29 is 9.94 Å². The minimum atomic E-state index is 0.0517. The fourth-order valence-electron chi connectivity index (χ4n) is 1.67. The summed E-state index contributed by atoms with van der Waals surface area (Å²) in [6.45, 7) is 0.638. The minimum absolute atomic E-state index is 0.0517. The van der Waals surface area contributed by atoms with Crippen molar-refractivity contribution in [2.45, 2.75) is 18.9 Å². The van der Waals surface area contributed by atoms with E-state index in [1.807, 2.05) is 30.3 Å². The number of rotatable bonds is 1. The molecule has 0 radical (unpaired) electrons. The van der Waals surface area contributed by atoms with Crippen LogP contribution < -0.4 is 0 Å². The largest absolute Gasteiger partial charge is 0.411 e. The zero-order valence-corrected chi connectivity index (χ0v) is 7.89. The van der Waals surface area contributed by atoms with Crippen molar-refractivity contribution in [2.75, 3.05) is 6.61 Å². The summed E-state index contributed by atoms with van der Waals surface area (Å²) < 4.78 is 5.60. The van der Waals surface area contributed by atoms with Crippen molar-refractivity contribution in [2.24, 2.45) is 5.16 Å². The fourth-order valence-corrected chi connectivity index (χ4v) is 1.67. The standard InChI is InChI=1S/C11H13NO2/c13-12-10-6-7-14-11(8-10)9-4-2-1-3-5-9/h1-5,11,13H,6-8H2. The molecule has 2 rings (SSSR count). The molecule has 1 unspecified atom stereocenters. The topological polar surface area (TPSA) is 41.8 Å². The van der Waals surface area contributed by atoms with Crippen LogP contribution in [-0.4, -0.2) is 17.5 Å². The van der Waals surface area contributed by atoms with Gasteiger partial charge in [-0.3, -0.25) is 0 Å². The molecule has 0 saturated carbocycles. The molecule has 1 aliphatic rings. The van der Waals surface area contributed by atoms with Crippen LogP contribution >= 0.6 is 0 Å². The molecular weight excluding hydrogens is 178 g/mol. The highest BCUT2D eigenvalue weighted by atomic mass is 16.5. The Hall–Kier alpha value is -1.35. The molecule has 0 amide bonds. The minimum Gasteiger partial charge on any atom is -0.411 e. The lowest BCUT2D eigenvalue weighted by Gasteiger charge is -2.23. The van der Waals surface area contributed by atoms with Gasteiger partial charge >= 0.3 is 0 Å². The first kappa shape index (κ1) is 9.21. The van der Waals surface area contributed by atoms with E-state index in [2.05, 4.69) is 5.16 Å². The third-order valence-electron chi connectivity index (χ3n) is 2.44. The van der Waals surface area contributed by atoms with Crippen molar-refractivity contribution in [1.82, 2.24) is 0 Å². The lowest BCUT2D eigenvalue weighted by atomic mass is 10.0. The second kappa shape index (κ2) is 4.24. The highest BCUT2D eigenvalue weighted by Crippen LogP contribution is 2.26. The number of benzene rings is 1. The number of nitrogens with zero attached hydrogens (tertiary/aromatic N) is 1. The van der Waals surface area contributed by atoms with Crippen LogP contribution in [0.3, 0.4) is 0 Å². The van der Waals surface area contributed by atoms with Gasteiger partial charge in [-0.25, -0.2) is 0 Å². The van der Waals surface area contributed by atoms with Crippen molar-refractivity contribution in [3.8, 4) is 0 Å². The van der Waals surface area contributed by atoms with Crippen LogP contribution in [0.5, 0.6) is 0 Å². The van der Waals surface area contributed by atoms with Crippen LogP contribution in [0, 0.1) is 0 Å². The van der Waals surface area contributed by atoms with Crippen molar-refractivity contribution in [3.63, 3.8) is 0 Å². The van der Waals surface area contributed by atoms with E-state index < -0.39 is 0 Å². The molecule has 1 fully saturated rings. The lowest BCUT2D eigenvalue weighted by molar-refractivity contribution is 0.0481. The van der Waals surface area contributed by atoms with Gasteiger partial charge in [0, 0.05) is 12.8 Å². The van der Waals surface area contributed by atoms with Crippen LogP contribution in [0.15, 0.2) is 35.5 Å². The average molecular weight is 191 g/mol. The quantitative estimate of drug-likeness (QED) is 0.547. The van der Waals surface area contributed by atoms with Gasteiger partial charge in [0.2, 0.25) is 0 Å². The van der Waals surface area contributed by atoms with Gasteiger partial charge in [-0.15, -0.1) is 0 Å². The molecule has 3 heteroatoms. The van der Waals surface area contributed by atoms with E-state index in [0.717, 1.165) is 17.7 Å². The highest BCUT2D eigenvalue weighted by molar-refractivity contribution is 5.85. The Kier molecular flexibility index (Phi) is 2.79. The Balaban J connectivity index is 2.12. The van der Waals surface area contributed by atoms with Crippen molar-refractivity contribution in [1.29, 1.82) is 0 Å². The summed E-state index contributed by atoms with van der Waals surface area (Å²) in [6.07, 6.45) is 1.48. The van der Waals surface area contributed by atoms with E-state index in [1.165, 1.54) is 0 Å². The zero-order chi connectivity index (χ0) is 9.80. The van der Waals surface area contributed by atoms with Crippen LogP contribution in [0.2, 0.25) is 0 Å². The molecule has 1 N–H and O–H groups in total. The summed E-state index contributed by atoms with van der Waals surface area (Å²) in [6, 6.07) is 10.0. The SMILES string of the molecule is ON=C1CCOC(c2ccccc2)C1. The molecule has 14 heavy (non-hydrogen) atoms. The third-order valence-corrected chi connectivity index (χ3v) is 2.44. The van der Waals surface area contributed by atoms with E-state index in [9.17, 15) is 0 Å². The van der Waals surface area contributed by atoms with E-state index in [4.69, 9.17) is 9.94 Å². The van der Waals surface area contributed by atoms with E-state index >= 15 is 0 Å². The van der Waals surface area contributed by atoms with Crippen LogP contribution in [0.1, 0.15) is 24.5 Å². The van der Waals surface area contributed by atoms with Crippen molar-refractivity contribution >= 4 is 5.71 Å². The second-order valence-corrected chi connectivity index (χ2v) is 3.39. The van der Waals surface area contributed by atoms with Gasteiger partial charge in [0.25, 0.3) is 0 Å². The van der Waals surface area contributed by atoms with Crippen LogP contribution in [0.25, 0.3) is 0 Å². The molecule has 1 aliphatic heterocycles. The molecular formula is C11H13NO2. The molecule has 3 nitrogen and oxygen atoms in total. The summed E-state index contributed by atoms with van der Waals surface area (Å²) in [5.41, 5.74) is 1.97. The maximum atomic E-state index is 8.69. The van der Waals surface area contributed by atoms with Gasteiger partial charge in [0.1, 0.15) is 0 Å². The van der Waals surface area contributed by atoms with E-state index in [1.54, 1.807) is 0 Å². The summed E-state index contributed by atoms with van der Waals surface area (Å²) in [5.74, 6) is 0. The highest BCUT2D eigenvalue weighted by Gasteiger charge is 2.20. The predicted molar refractivity (Wildman–Crippen MR) is 53.6 cm³/mol. The Morgan fingerprint density at radius 3 is 2.79 bits per heavy atom. The molecule has 1 heterocycles. The Morgan fingerprint density at radius 1 is 1.29 bits per heavy atom. The number of oxime groups is 1. The summed E-state index contributed by atoms with van der Waals surface area (Å²) >= 11 is 0. The Morgan fingerprint density at radius 2 is 2.07 bits per heavy atom. The summed E-state index contributed by atoms with van der Waals surface area (Å²) in [7, 11) is 0. The average Bonchev–Trinajstić information content (AvgIpc) is 2.30. The van der Waals surface area contributed by atoms with Gasteiger partial charge in [0.15, 0.2) is 0 Å². The van der Waals surface area contributed by atoms with Gasteiger partial charge in [-0.1, -0.05) is 35.5 Å². The number of hydrogen-bond donors (Lipinski definition) is 1. The molecule has 74 valence electrons. The van der Waals surface area contributed by atoms with Crippen LogP contribution in [-0.2, 0) is 4.74 Å². The molecule has 1 saturated heterocycles. The lowest BCUT2D eigenvalue weighted by Crippen LogP contribution is -2.19. The van der Waals surface area contributed by atoms with E-state index in [0.29, 0.717) is 13.0 Å². The predicted octanol–water partition coefficient (Wildman–Crippen LogP) is 2.37. The monoisotopic (exact) mass is 191 g/mol. The number of hydrogen-bond acceptors (Lipinski definition) is 3. The van der Waals surface area contributed by atoms with Crippen LogP contribution in [0.4, 0.5) is 0 Å². The van der Waals surface area contributed by atoms with Crippen molar-refractivity contribution in [3.05, 3.63) is 35.9 Å². The van der Waals surface area contributed by atoms with E-state index in [-0.39, 0.29) is 6.10 Å². The molecule has 1 atom stereocenters. The third kappa shape index (κ3) is 1.93. The smallest absolute Gasteiger partial charge is 0.0878 e. The first-order valence-electron chi connectivity index (χ1n) is 4.76. The normalized spacial score (nSPS) is 25.1. The summed E-state index contributed by atoms with van der Waals surface area (Å²) in [5, 5.41) is 11.9. The Labute approximate surface area is 83.0 Å². The molecule has 1 aromatic rings. The van der Waals surface area contributed by atoms with Gasteiger partial charge in [0.05, 0.1) is 18.4 Å². The zero-order valence-electron chi connectivity index (χ0n) is 7.89. The first-order chi connectivity index (χ1) is 6.90. The maximum Gasteiger partial charge on any atom is 0.0878 e. The maximum absolute atomic E-state index is 8.69. The van der Waals surface area contributed by atoms with Gasteiger partial charge in [-0.2, -0.15) is 0 Å².